The fraction of sp³-hybridized carbons (Fsp3) is 0.533. The van der Waals surface area contributed by atoms with Gasteiger partial charge in [-0.3, -0.25) is 0 Å². The van der Waals surface area contributed by atoms with E-state index >= 15 is 0 Å². The molecule has 5 nitrogen and oxygen atoms in total. The van der Waals surface area contributed by atoms with Crippen LogP contribution >= 0.6 is 0 Å². The van der Waals surface area contributed by atoms with Crippen LogP contribution in [-0.4, -0.2) is 25.7 Å². The SMILES string of the molecule is N#Cc1ccc(CS(=O)(=O)NCC2(O)CCCCC2)cc1. The highest BCUT2D eigenvalue weighted by atomic mass is 32.2. The Morgan fingerprint density at radius 3 is 2.38 bits per heavy atom. The largest absolute Gasteiger partial charge is 0.389 e. The molecule has 0 amide bonds. The molecule has 1 fully saturated rings. The molecule has 0 heterocycles. The summed E-state index contributed by atoms with van der Waals surface area (Å²) in [5, 5.41) is 19.0. The number of nitrogens with zero attached hydrogens (tertiary/aromatic N) is 1. The average molecular weight is 308 g/mol. The number of sulfonamides is 1. The molecule has 0 saturated heterocycles. The van der Waals surface area contributed by atoms with Crippen molar-refractivity contribution >= 4 is 10.0 Å². The molecule has 0 aliphatic heterocycles. The van der Waals surface area contributed by atoms with Gasteiger partial charge in [0.15, 0.2) is 0 Å². The molecule has 0 atom stereocenters. The number of aliphatic hydroxyl groups is 1. The summed E-state index contributed by atoms with van der Waals surface area (Å²) in [7, 11) is -3.48. The fourth-order valence-electron chi connectivity index (χ4n) is 2.58. The van der Waals surface area contributed by atoms with Crippen molar-refractivity contribution in [2.75, 3.05) is 6.54 Å². The van der Waals surface area contributed by atoms with Gasteiger partial charge in [-0.1, -0.05) is 31.4 Å². The number of nitrogens with one attached hydrogen (secondary N) is 1. The van der Waals surface area contributed by atoms with Crippen molar-refractivity contribution in [3.05, 3.63) is 35.4 Å². The second kappa shape index (κ2) is 6.56. The zero-order valence-corrected chi connectivity index (χ0v) is 12.7. The zero-order chi connectivity index (χ0) is 15.3. The van der Waals surface area contributed by atoms with Gasteiger partial charge in [0.05, 0.1) is 23.0 Å². The van der Waals surface area contributed by atoms with Crippen molar-refractivity contribution in [3.8, 4) is 6.07 Å². The zero-order valence-electron chi connectivity index (χ0n) is 11.9. The van der Waals surface area contributed by atoms with E-state index < -0.39 is 15.6 Å². The van der Waals surface area contributed by atoms with Crippen molar-refractivity contribution < 1.29 is 13.5 Å². The summed E-state index contributed by atoms with van der Waals surface area (Å²) in [5.74, 6) is -0.144. The van der Waals surface area contributed by atoms with E-state index in [2.05, 4.69) is 4.72 Å². The minimum Gasteiger partial charge on any atom is -0.389 e. The van der Waals surface area contributed by atoms with Crippen LogP contribution in [0.15, 0.2) is 24.3 Å². The maximum absolute atomic E-state index is 12.1. The van der Waals surface area contributed by atoms with E-state index in [1.807, 2.05) is 6.07 Å². The Hall–Kier alpha value is -1.42. The highest BCUT2D eigenvalue weighted by Crippen LogP contribution is 2.27. The first-order valence-electron chi connectivity index (χ1n) is 7.11. The topological polar surface area (TPSA) is 90.2 Å². The molecular weight excluding hydrogens is 288 g/mol. The predicted octanol–water partition coefficient (Wildman–Crippen LogP) is 1.67. The lowest BCUT2D eigenvalue weighted by Gasteiger charge is -2.32. The maximum Gasteiger partial charge on any atom is 0.215 e. The summed E-state index contributed by atoms with van der Waals surface area (Å²) < 4.78 is 26.6. The van der Waals surface area contributed by atoms with Gasteiger partial charge < -0.3 is 5.11 Å². The first-order chi connectivity index (χ1) is 9.92. The molecule has 1 saturated carbocycles. The van der Waals surface area contributed by atoms with Crippen molar-refractivity contribution in [2.45, 2.75) is 43.5 Å². The first kappa shape index (κ1) is 16.0. The van der Waals surface area contributed by atoms with Gasteiger partial charge in [-0.25, -0.2) is 13.1 Å². The van der Waals surface area contributed by atoms with Gasteiger partial charge in [0, 0.05) is 6.54 Å². The Labute approximate surface area is 125 Å². The standard InChI is InChI=1S/C15H20N2O3S/c16-10-13-4-6-14(7-5-13)11-21(19,20)17-12-15(18)8-2-1-3-9-15/h4-7,17-18H,1-3,8-9,11-12H2. The maximum atomic E-state index is 12.1. The van der Waals surface area contributed by atoms with E-state index in [9.17, 15) is 13.5 Å². The number of nitriles is 1. The summed E-state index contributed by atoms with van der Waals surface area (Å²) in [5.41, 5.74) is 0.216. The van der Waals surface area contributed by atoms with Crippen LogP contribution in [0.5, 0.6) is 0 Å². The van der Waals surface area contributed by atoms with Crippen LogP contribution in [0.3, 0.4) is 0 Å². The lowest BCUT2D eigenvalue weighted by atomic mass is 9.85. The van der Waals surface area contributed by atoms with Crippen molar-refractivity contribution in [1.82, 2.24) is 4.72 Å². The monoisotopic (exact) mass is 308 g/mol. The molecule has 0 bridgehead atoms. The molecular formula is C15H20N2O3S. The molecule has 6 heteroatoms. The molecule has 0 spiro atoms. The number of rotatable bonds is 5. The Bertz CT molecular complexity index is 611. The third-order valence-corrected chi connectivity index (χ3v) is 5.14. The average Bonchev–Trinajstić information content (AvgIpc) is 2.47. The quantitative estimate of drug-likeness (QED) is 0.866. The molecule has 0 radical (unpaired) electrons. The third-order valence-electron chi connectivity index (χ3n) is 3.85. The Kier molecular flexibility index (Phi) is 4.99. The summed E-state index contributed by atoms with van der Waals surface area (Å²) >= 11 is 0. The fourth-order valence-corrected chi connectivity index (χ4v) is 3.80. The molecule has 1 aliphatic carbocycles. The Morgan fingerprint density at radius 2 is 1.81 bits per heavy atom. The minimum absolute atomic E-state index is 0.0750. The lowest BCUT2D eigenvalue weighted by molar-refractivity contribution is 0.00944. The van der Waals surface area contributed by atoms with Gasteiger partial charge in [-0.15, -0.1) is 0 Å². The van der Waals surface area contributed by atoms with Crippen LogP contribution in [0.2, 0.25) is 0 Å². The first-order valence-corrected chi connectivity index (χ1v) is 8.76. The van der Waals surface area contributed by atoms with Crippen molar-refractivity contribution in [1.29, 1.82) is 5.26 Å². The molecule has 1 aliphatic rings. The van der Waals surface area contributed by atoms with Crippen LogP contribution in [0.25, 0.3) is 0 Å². The summed E-state index contributed by atoms with van der Waals surface area (Å²) in [6, 6.07) is 8.45. The minimum atomic E-state index is -3.48. The van der Waals surface area contributed by atoms with Crippen LogP contribution in [0.4, 0.5) is 0 Å². The lowest BCUT2D eigenvalue weighted by Crippen LogP contribution is -2.44. The van der Waals surface area contributed by atoms with Gasteiger partial charge in [-0.05, 0) is 30.5 Å². The van der Waals surface area contributed by atoms with Gasteiger partial charge in [0.2, 0.25) is 10.0 Å². The predicted molar refractivity (Wildman–Crippen MR) is 79.8 cm³/mol. The van der Waals surface area contributed by atoms with Gasteiger partial charge in [0.25, 0.3) is 0 Å². The van der Waals surface area contributed by atoms with Gasteiger partial charge in [0.1, 0.15) is 0 Å². The van der Waals surface area contributed by atoms with E-state index in [1.54, 1.807) is 24.3 Å². The molecule has 114 valence electrons. The van der Waals surface area contributed by atoms with Crippen LogP contribution in [0, 0.1) is 11.3 Å². The summed E-state index contributed by atoms with van der Waals surface area (Å²) in [6.45, 7) is 0.0750. The number of benzene rings is 1. The second-order valence-electron chi connectivity index (χ2n) is 5.67. The summed E-state index contributed by atoms with van der Waals surface area (Å²) in [6.07, 6.45) is 4.26. The molecule has 2 N–H and O–H groups in total. The third kappa shape index (κ3) is 4.81. The van der Waals surface area contributed by atoms with Crippen LogP contribution in [-0.2, 0) is 15.8 Å². The normalized spacial score (nSPS) is 18.1. The van der Waals surface area contributed by atoms with E-state index in [-0.39, 0.29) is 12.3 Å². The van der Waals surface area contributed by atoms with Crippen LogP contribution < -0.4 is 4.72 Å². The molecule has 2 rings (SSSR count). The van der Waals surface area contributed by atoms with Crippen molar-refractivity contribution in [3.63, 3.8) is 0 Å². The molecule has 0 unspecified atom stereocenters. The van der Waals surface area contributed by atoms with Crippen LogP contribution in [0.1, 0.15) is 43.2 Å². The molecule has 21 heavy (non-hydrogen) atoms. The summed E-state index contributed by atoms with van der Waals surface area (Å²) in [4.78, 5) is 0. The van der Waals surface area contributed by atoms with E-state index in [0.29, 0.717) is 24.0 Å². The van der Waals surface area contributed by atoms with E-state index in [4.69, 9.17) is 5.26 Å². The number of hydrogen-bond acceptors (Lipinski definition) is 4. The molecule has 0 aromatic heterocycles. The van der Waals surface area contributed by atoms with Gasteiger partial charge >= 0.3 is 0 Å². The van der Waals surface area contributed by atoms with Gasteiger partial charge in [-0.2, -0.15) is 5.26 Å². The Morgan fingerprint density at radius 1 is 1.19 bits per heavy atom. The highest BCUT2D eigenvalue weighted by Gasteiger charge is 2.30. The Balaban J connectivity index is 1.93. The second-order valence-corrected chi connectivity index (χ2v) is 7.48. The van der Waals surface area contributed by atoms with E-state index in [0.717, 1.165) is 19.3 Å². The smallest absolute Gasteiger partial charge is 0.215 e. The number of hydrogen-bond donors (Lipinski definition) is 2. The molecule has 1 aromatic carbocycles. The van der Waals surface area contributed by atoms with E-state index in [1.165, 1.54) is 0 Å². The van der Waals surface area contributed by atoms with Crippen molar-refractivity contribution in [2.24, 2.45) is 0 Å². The molecule has 1 aromatic rings. The highest BCUT2D eigenvalue weighted by molar-refractivity contribution is 7.88.